The van der Waals surface area contributed by atoms with Gasteiger partial charge in [-0.25, -0.2) is 4.39 Å². The number of thiol groups is 1. The Balaban J connectivity index is 2.20. The van der Waals surface area contributed by atoms with Gasteiger partial charge in [-0.1, -0.05) is 11.8 Å². The molecule has 0 aliphatic carbocycles. The lowest BCUT2D eigenvalue weighted by atomic mass is 10.2. The largest absolute Gasteiger partial charge is 0.490 e. The molecular formula is C13H16F4OS2. The van der Waals surface area contributed by atoms with E-state index < -0.39 is 11.3 Å². The Hall–Kier alpha value is -0.560. The van der Waals surface area contributed by atoms with E-state index in [0.717, 1.165) is 5.56 Å². The predicted octanol–water partition coefficient (Wildman–Crippen LogP) is 5.22. The molecule has 0 saturated heterocycles. The summed E-state index contributed by atoms with van der Waals surface area (Å²) >= 11 is 4.16. The van der Waals surface area contributed by atoms with Gasteiger partial charge in [0.15, 0.2) is 11.6 Å². The van der Waals surface area contributed by atoms with Gasteiger partial charge in [0.2, 0.25) is 0 Å². The van der Waals surface area contributed by atoms with Gasteiger partial charge in [-0.3, -0.25) is 0 Å². The van der Waals surface area contributed by atoms with Crippen molar-refractivity contribution in [2.24, 2.45) is 0 Å². The van der Waals surface area contributed by atoms with Crippen molar-refractivity contribution in [2.45, 2.75) is 36.6 Å². The van der Waals surface area contributed by atoms with Crippen LogP contribution in [0.2, 0.25) is 0 Å². The Morgan fingerprint density at radius 2 is 1.90 bits per heavy atom. The third kappa shape index (κ3) is 6.74. The summed E-state index contributed by atoms with van der Waals surface area (Å²) in [5.74, 6) is -0.276. The van der Waals surface area contributed by atoms with Crippen molar-refractivity contribution in [1.29, 1.82) is 0 Å². The lowest BCUT2D eigenvalue weighted by molar-refractivity contribution is -0.0328. The first kappa shape index (κ1) is 17.5. The van der Waals surface area contributed by atoms with Crippen LogP contribution in [0.1, 0.15) is 24.8 Å². The molecule has 1 rings (SSSR count). The number of benzene rings is 1. The van der Waals surface area contributed by atoms with Crippen LogP contribution in [0, 0.1) is 12.7 Å². The van der Waals surface area contributed by atoms with Crippen LogP contribution in [-0.4, -0.2) is 17.9 Å². The van der Waals surface area contributed by atoms with Gasteiger partial charge in [0.1, 0.15) is 0 Å². The Bertz CT molecular complexity index is 435. The van der Waals surface area contributed by atoms with Crippen molar-refractivity contribution >= 4 is 24.4 Å². The molecule has 1 aromatic rings. The fraction of sp³-hybridized carbons (Fsp3) is 0.538. The monoisotopic (exact) mass is 328 g/mol. The van der Waals surface area contributed by atoms with E-state index in [1.807, 2.05) is 0 Å². The fourth-order valence-electron chi connectivity index (χ4n) is 1.50. The molecule has 0 aromatic heterocycles. The van der Waals surface area contributed by atoms with Crippen LogP contribution in [0.25, 0.3) is 0 Å². The number of aryl methyl sites for hydroxylation is 1. The van der Waals surface area contributed by atoms with Gasteiger partial charge in [-0.2, -0.15) is 13.2 Å². The van der Waals surface area contributed by atoms with E-state index in [0.29, 0.717) is 24.2 Å². The molecule has 0 spiro atoms. The van der Waals surface area contributed by atoms with Gasteiger partial charge in [0.05, 0.1) is 6.61 Å². The van der Waals surface area contributed by atoms with Crippen LogP contribution in [0.3, 0.4) is 0 Å². The minimum absolute atomic E-state index is 0.0169. The number of halogens is 4. The SMILES string of the molecule is Cc1cc(F)c(OCCCCCSC(F)(F)F)cc1S. The first-order valence-corrected chi connectivity index (χ1v) is 7.55. The van der Waals surface area contributed by atoms with Crippen LogP contribution in [0.15, 0.2) is 17.0 Å². The number of hydrogen-bond donors (Lipinski definition) is 1. The minimum Gasteiger partial charge on any atom is -0.490 e. The highest BCUT2D eigenvalue weighted by Gasteiger charge is 2.27. The van der Waals surface area contributed by atoms with E-state index in [-0.39, 0.29) is 29.9 Å². The molecule has 0 aliphatic heterocycles. The summed E-state index contributed by atoms with van der Waals surface area (Å²) in [7, 11) is 0. The number of hydrogen-bond acceptors (Lipinski definition) is 3. The van der Waals surface area contributed by atoms with E-state index in [2.05, 4.69) is 12.6 Å². The minimum atomic E-state index is -4.16. The molecule has 7 heteroatoms. The van der Waals surface area contributed by atoms with Gasteiger partial charge >= 0.3 is 5.51 Å². The molecule has 0 N–H and O–H groups in total. The van der Waals surface area contributed by atoms with Crippen LogP contribution in [0.4, 0.5) is 17.6 Å². The Morgan fingerprint density at radius 1 is 1.20 bits per heavy atom. The number of ether oxygens (including phenoxy) is 1. The second kappa shape index (κ2) is 8.02. The standard InChI is InChI=1S/C13H16F4OS2/c1-9-7-10(14)11(8-12(9)19)18-5-3-2-4-6-20-13(15,16)17/h7-8,19H,2-6H2,1H3. The number of unbranched alkanes of at least 4 members (excludes halogenated alkanes) is 2. The Morgan fingerprint density at radius 3 is 2.55 bits per heavy atom. The average molecular weight is 328 g/mol. The lowest BCUT2D eigenvalue weighted by Crippen LogP contribution is -2.03. The van der Waals surface area contributed by atoms with E-state index in [9.17, 15) is 17.6 Å². The molecule has 0 saturated carbocycles. The van der Waals surface area contributed by atoms with Crippen LogP contribution in [0.5, 0.6) is 5.75 Å². The molecule has 0 aliphatic rings. The second-order valence-electron chi connectivity index (χ2n) is 4.27. The van der Waals surface area contributed by atoms with E-state index in [1.165, 1.54) is 12.1 Å². The highest BCUT2D eigenvalue weighted by Crippen LogP contribution is 2.30. The van der Waals surface area contributed by atoms with Crippen molar-refractivity contribution in [3.05, 3.63) is 23.5 Å². The average Bonchev–Trinajstić information content (AvgIpc) is 2.32. The zero-order valence-electron chi connectivity index (χ0n) is 11.0. The third-order valence-corrected chi connectivity index (χ3v) is 3.86. The molecule has 20 heavy (non-hydrogen) atoms. The number of rotatable bonds is 7. The molecule has 0 radical (unpaired) electrons. The number of thioether (sulfide) groups is 1. The zero-order valence-corrected chi connectivity index (χ0v) is 12.7. The molecule has 0 fully saturated rings. The maximum absolute atomic E-state index is 13.5. The maximum atomic E-state index is 13.5. The van der Waals surface area contributed by atoms with Crippen molar-refractivity contribution < 1.29 is 22.3 Å². The van der Waals surface area contributed by atoms with Crippen LogP contribution >= 0.6 is 24.4 Å². The van der Waals surface area contributed by atoms with Gasteiger partial charge in [0, 0.05) is 10.6 Å². The summed E-state index contributed by atoms with van der Waals surface area (Å²) < 4.78 is 54.3. The first-order chi connectivity index (χ1) is 9.29. The second-order valence-corrected chi connectivity index (χ2v) is 5.91. The molecule has 114 valence electrons. The van der Waals surface area contributed by atoms with E-state index in [1.54, 1.807) is 6.92 Å². The van der Waals surface area contributed by atoms with Crippen molar-refractivity contribution in [3.63, 3.8) is 0 Å². The Kier molecular flexibility index (Phi) is 7.02. The Labute approximate surface area is 125 Å². The molecule has 1 nitrogen and oxygen atoms in total. The fourth-order valence-corrected chi connectivity index (χ4v) is 2.27. The lowest BCUT2D eigenvalue weighted by Gasteiger charge is -2.09. The third-order valence-electron chi connectivity index (χ3n) is 2.56. The van der Waals surface area contributed by atoms with Crippen LogP contribution in [-0.2, 0) is 0 Å². The van der Waals surface area contributed by atoms with E-state index >= 15 is 0 Å². The molecule has 0 atom stereocenters. The van der Waals surface area contributed by atoms with Crippen molar-refractivity contribution in [1.82, 2.24) is 0 Å². The van der Waals surface area contributed by atoms with Gasteiger partial charge in [-0.05, 0) is 43.9 Å². The molecule has 0 amide bonds. The molecule has 1 aromatic carbocycles. The molecule has 0 heterocycles. The highest BCUT2D eigenvalue weighted by molar-refractivity contribution is 8.00. The van der Waals surface area contributed by atoms with Gasteiger partial charge < -0.3 is 4.74 Å². The topological polar surface area (TPSA) is 9.23 Å². The summed E-state index contributed by atoms with van der Waals surface area (Å²) in [6.45, 7) is 2.03. The quantitative estimate of drug-likeness (QED) is 0.417. The van der Waals surface area contributed by atoms with E-state index in [4.69, 9.17) is 4.74 Å². The van der Waals surface area contributed by atoms with Gasteiger partial charge in [-0.15, -0.1) is 12.6 Å². The summed E-state index contributed by atoms with van der Waals surface area (Å²) in [4.78, 5) is 0.642. The molecular weight excluding hydrogens is 312 g/mol. The van der Waals surface area contributed by atoms with Crippen LogP contribution < -0.4 is 4.74 Å². The molecule has 0 bridgehead atoms. The van der Waals surface area contributed by atoms with Crippen molar-refractivity contribution in [3.8, 4) is 5.75 Å². The first-order valence-electron chi connectivity index (χ1n) is 6.12. The maximum Gasteiger partial charge on any atom is 0.441 e. The van der Waals surface area contributed by atoms with Gasteiger partial charge in [0.25, 0.3) is 0 Å². The van der Waals surface area contributed by atoms with Crippen molar-refractivity contribution in [2.75, 3.05) is 12.4 Å². The normalized spacial score (nSPS) is 11.7. The summed E-state index contributed by atoms with van der Waals surface area (Å²) in [6, 6.07) is 2.85. The smallest absolute Gasteiger partial charge is 0.441 e. The summed E-state index contributed by atoms with van der Waals surface area (Å²) in [6.07, 6.45) is 1.67. The summed E-state index contributed by atoms with van der Waals surface area (Å²) in [5.41, 5.74) is -3.44. The highest BCUT2D eigenvalue weighted by atomic mass is 32.2. The predicted molar refractivity (Wildman–Crippen MR) is 76.2 cm³/mol. The zero-order chi connectivity index (χ0) is 15.2. The summed E-state index contributed by atoms with van der Waals surface area (Å²) in [5, 5.41) is 0. The number of alkyl halides is 3. The molecule has 0 unspecified atom stereocenters.